The summed E-state index contributed by atoms with van der Waals surface area (Å²) in [7, 11) is 2.99. The number of hydrogen-bond acceptors (Lipinski definition) is 5. The summed E-state index contributed by atoms with van der Waals surface area (Å²) < 4.78 is 6.25. The van der Waals surface area contributed by atoms with Gasteiger partial charge in [-0.25, -0.2) is 9.78 Å². The molecule has 1 heterocycles. The second-order valence-corrected chi connectivity index (χ2v) is 6.87. The molecule has 0 amide bonds. The quantitative estimate of drug-likeness (QED) is 0.646. The molecule has 0 bridgehead atoms. The third-order valence-corrected chi connectivity index (χ3v) is 4.98. The van der Waals surface area contributed by atoms with E-state index in [1.165, 1.54) is 11.7 Å². The Morgan fingerprint density at radius 1 is 1.10 bits per heavy atom. The zero-order valence-electron chi connectivity index (χ0n) is 16.9. The van der Waals surface area contributed by atoms with Crippen molar-refractivity contribution < 1.29 is 9.53 Å². The molecule has 0 saturated heterocycles. The summed E-state index contributed by atoms with van der Waals surface area (Å²) in [4.78, 5) is 29.4. The van der Waals surface area contributed by atoms with Crippen LogP contribution in [-0.2, 0) is 18.2 Å². The lowest BCUT2D eigenvalue weighted by atomic mass is 9.96. The first kappa shape index (κ1) is 20.3. The first-order valence-corrected chi connectivity index (χ1v) is 9.61. The lowest BCUT2D eigenvalue weighted by Gasteiger charge is -2.13. The van der Waals surface area contributed by atoms with E-state index in [0.29, 0.717) is 17.5 Å². The number of carbonyl (C=O) groups is 1. The minimum absolute atomic E-state index is 0.161. The van der Waals surface area contributed by atoms with Gasteiger partial charge < -0.3 is 10.5 Å². The average molecular weight is 391 g/mol. The van der Waals surface area contributed by atoms with Crippen LogP contribution in [0.5, 0.6) is 0 Å². The van der Waals surface area contributed by atoms with Gasteiger partial charge in [0.25, 0.3) is 5.56 Å². The van der Waals surface area contributed by atoms with Crippen LogP contribution in [0.2, 0.25) is 0 Å². The predicted molar refractivity (Wildman–Crippen MR) is 115 cm³/mol. The van der Waals surface area contributed by atoms with Gasteiger partial charge in [0.15, 0.2) is 0 Å². The molecular formula is C23H25N3O3. The van der Waals surface area contributed by atoms with Crippen LogP contribution in [0.25, 0.3) is 22.3 Å². The summed E-state index contributed by atoms with van der Waals surface area (Å²) in [5, 5.41) is 0. The monoisotopic (exact) mass is 391 g/mol. The van der Waals surface area contributed by atoms with Gasteiger partial charge in [0.2, 0.25) is 5.95 Å². The Morgan fingerprint density at radius 3 is 2.41 bits per heavy atom. The number of esters is 1. The molecular weight excluding hydrogens is 366 g/mol. The molecule has 0 unspecified atom stereocenters. The molecule has 2 aromatic carbocycles. The molecule has 6 heteroatoms. The lowest BCUT2D eigenvalue weighted by molar-refractivity contribution is 0.0601. The van der Waals surface area contributed by atoms with E-state index >= 15 is 0 Å². The number of benzene rings is 2. The Kier molecular flexibility index (Phi) is 6.12. The SMILES string of the molecule is CCCCc1nc(N)n(C)c(=O)c1-c1ccc(-c2ccccc2C(=O)OC)cc1. The fourth-order valence-corrected chi connectivity index (χ4v) is 3.32. The molecule has 3 aromatic rings. The van der Waals surface area contributed by atoms with E-state index < -0.39 is 0 Å². The molecule has 0 saturated carbocycles. The van der Waals surface area contributed by atoms with E-state index in [1.54, 1.807) is 19.2 Å². The van der Waals surface area contributed by atoms with E-state index in [2.05, 4.69) is 11.9 Å². The zero-order chi connectivity index (χ0) is 21.0. The highest BCUT2D eigenvalue weighted by Gasteiger charge is 2.16. The number of hydrogen-bond donors (Lipinski definition) is 1. The summed E-state index contributed by atoms with van der Waals surface area (Å²) in [5.41, 5.74) is 9.96. The van der Waals surface area contributed by atoms with Gasteiger partial charge in [0, 0.05) is 7.05 Å². The van der Waals surface area contributed by atoms with E-state index in [4.69, 9.17) is 10.5 Å². The highest BCUT2D eigenvalue weighted by atomic mass is 16.5. The number of nitrogens with zero attached hydrogens (tertiary/aromatic N) is 2. The van der Waals surface area contributed by atoms with Crippen LogP contribution in [0.4, 0.5) is 5.95 Å². The molecule has 3 rings (SSSR count). The molecule has 0 spiro atoms. The molecule has 150 valence electrons. The van der Waals surface area contributed by atoms with Crippen LogP contribution in [-0.4, -0.2) is 22.6 Å². The average Bonchev–Trinajstić information content (AvgIpc) is 2.75. The van der Waals surface area contributed by atoms with Crippen molar-refractivity contribution in [3.05, 3.63) is 70.1 Å². The maximum absolute atomic E-state index is 12.9. The van der Waals surface area contributed by atoms with E-state index in [-0.39, 0.29) is 17.5 Å². The highest BCUT2D eigenvalue weighted by Crippen LogP contribution is 2.28. The summed E-state index contributed by atoms with van der Waals surface area (Å²) in [6.45, 7) is 2.09. The van der Waals surface area contributed by atoms with Crippen LogP contribution < -0.4 is 11.3 Å². The molecule has 29 heavy (non-hydrogen) atoms. The third-order valence-electron chi connectivity index (χ3n) is 4.98. The number of aromatic nitrogens is 2. The van der Waals surface area contributed by atoms with Crippen LogP contribution in [0.3, 0.4) is 0 Å². The Hall–Kier alpha value is -3.41. The third kappa shape index (κ3) is 4.06. The van der Waals surface area contributed by atoms with Crippen molar-refractivity contribution in [2.45, 2.75) is 26.2 Å². The van der Waals surface area contributed by atoms with Crippen molar-refractivity contribution in [3.63, 3.8) is 0 Å². The van der Waals surface area contributed by atoms with Crippen molar-refractivity contribution in [2.24, 2.45) is 7.05 Å². The number of carbonyl (C=O) groups excluding carboxylic acids is 1. The molecule has 2 N–H and O–H groups in total. The molecule has 6 nitrogen and oxygen atoms in total. The first-order valence-electron chi connectivity index (χ1n) is 9.61. The number of nitrogens with two attached hydrogens (primary N) is 1. The predicted octanol–water partition coefficient (Wildman–Crippen LogP) is 3.83. The Morgan fingerprint density at radius 2 is 1.76 bits per heavy atom. The summed E-state index contributed by atoms with van der Waals surface area (Å²) in [6, 6.07) is 14.8. The Labute approximate surface area is 170 Å². The standard InChI is InChI=1S/C23H25N3O3/c1-4-5-10-19-20(21(27)26(2)23(24)25-19)16-13-11-15(12-14-16)17-8-6-7-9-18(17)22(28)29-3/h6-9,11-14H,4-5,10H2,1-3H3,(H2,24,25). The Balaban J connectivity index is 2.08. The van der Waals surface area contributed by atoms with Crippen LogP contribution in [0.1, 0.15) is 35.8 Å². The summed E-state index contributed by atoms with van der Waals surface area (Å²) >= 11 is 0. The highest BCUT2D eigenvalue weighted by molar-refractivity contribution is 5.97. The number of ether oxygens (including phenoxy) is 1. The topological polar surface area (TPSA) is 87.2 Å². The lowest BCUT2D eigenvalue weighted by Crippen LogP contribution is -2.25. The van der Waals surface area contributed by atoms with Gasteiger partial charge >= 0.3 is 5.97 Å². The van der Waals surface area contributed by atoms with Crippen LogP contribution in [0.15, 0.2) is 53.3 Å². The largest absolute Gasteiger partial charge is 0.465 e. The van der Waals surface area contributed by atoms with Crippen LogP contribution >= 0.6 is 0 Å². The minimum Gasteiger partial charge on any atom is -0.465 e. The van der Waals surface area contributed by atoms with Crippen LogP contribution in [0, 0.1) is 0 Å². The fourth-order valence-electron chi connectivity index (χ4n) is 3.32. The maximum Gasteiger partial charge on any atom is 0.338 e. The molecule has 0 aliphatic carbocycles. The number of anilines is 1. The molecule has 0 fully saturated rings. The Bertz CT molecular complexity index is 1090. The van der Waals surface area contributed by atoms with Gasteiger partial charge in [0.1, 0.15) is 0 Å². The smallest absolute Gasteiger partial charge is 0.338 e. The number of nitrogen functional groups attached to an aromatic ring is 1. The summed E-state index contributed by atoms with van der Waals surface area (Å²) in [5.74, 6) is -0.170. The first-order chi connectivity index (χ1) is 14.0. The van der Waals surface area contributed by atoms with Crippen molar-refractivity contribution in [2.75, 3.05) is 12.8 Å². The van der Waals surface area contributed by atoms with E-state index in [0.717, 1.165) is 35.2 Å². The molecule has 0 radical (unpaired) electrons. The zero-order valence-corrected chi connectivity index (χ0v) is 16.9. The molecule has 0 atom stereocenters. The van der Waals surface area contributed by atoms with Gasteiger partial charge in [-0.1, -0.05) is 55.8 Å². The number of unbranched alkanes of at least 4 members (excludes halogenated alkanes) is 1. The van der Waals surface area contributed by atoms with Crippen molar-refractivity contribution in [1.82, 2.24) is 9.55 Å². The van der Waals surface area contributed by atoms with E-state index in [1.807, 2.05) is 36.4 Å². The summed E-state index contributed by atoms with van der Waals surface area (Å²) in [6.07, 6.45) is 2.62. The second-order valence-electron chi connectivity index (χ2n) is 6.87. The van der Waals surface area contributed by atoms with Crippen molar-refractivity contribution in [3.8, 4) is 22.3 Å². The second kappa shape index (κ2) is 8.73. The van der Waals surface area contributed by atoms with Gasteiger partial charge in [-0.15, -0.1) is 0 Å². The molecule has 0 aliphatic rings. The number of methoxy groups -OCH3 is 1. The minimum atomic E-state index is -0.386. The number of rotatable bonds is 6. The van der Waals surface area contributed by atoms with Gasteiger partial charge in [-0.3, -0.25) is 9.36 Å². The van der Waals surface area contributed by atoms with Crippen molar-refractivity contribution >= 4 is 11.9 Å². The molecule has 1 aromatic heterocycles. The van der Waals surface area contributed by atoms with Gasteiger partial charge in [0.05, 0.1) is 23.9 Å². The maximum atomic E-state index is 12.9. The van der Waals surface area contributed by atoms with Gasteiger partial charge in [-0.05, 0) is 35.6 Å². The molecule has 0 aliphatic heterocycles. The van der Waals surface area contributed by atoms with Crippen molar-refractivity contribution in [1.29, 1.82) is 0 Å². The van der Waals surface area contributed by atoms with E-state index in [9.17, 15) is 9.59 Å². The van der Waals surface area contributed by atoms with Gasteiger partial charge in [-0.2, -0.15) is 0 Å². The fraction of sp³-hybridized carbons (Fsp3) is 0.261. The number of aryl methyl sites for hydroxylation is 1. The normalized spacial score (nSPS) is 10.7.